The number of nitrogens with two attached hydrogens (primary N) is 1. The molecule has 0 amide bonds. The van der Waals surface area contributed by atoms with Crippen molar-refractivity contribution in [1.29, 1.82) is 0 Å². The van der Waals surface area contributed by atoms with Crippen molar-refractivity contribution in [3.63, 3.8) is 0 Å². The molecule has 0 radical (unpaired) electrons. The highest BCUT2D eigenvalue weighted by atomic mass is 15.4. The molecule has 1 aromatic heterocycles. The molecule has 1 aromatic rings. The van der Waals surface area contributed by atoms with Crippen molar-refractivity contribution in [2.45, 2.75) is 66.0 Å². The van der Waals surface area contributed by atoms with E-state index in [9.17, 15) is 0 Å². The van der Waals surface area contributed by atoms with Crippen molar-refractivity contribution >= 4 is 11.5 Å². The van der Waals surface area contributed by atoms with Gasteiger partial charge < -0.3 is 10.6 Å². The lowest BCUT2D eigenvalue weighted by Gasteiger charge is -2.27. The molecule has 0 aliphatic heterocycles. The SMILES string of the molecule is Cc1nn(C(C)C)c(N(CCC(C)C)C2CC2)c1N. The van der Waals surface area contributed by atoms with E-state index in [0.717, 1.165) is 29.7 Å². The summed E-state index contributed by atoms with van der Waals surface area (Å²) >= 11 is 0. The molecular formula is C15H28N4. The topological polar surface area (TPSA) is 47.1 Å². The minimum absolute atomic E-state index is 0.353. The van der Waals surface area contributed by atoms with Gasteiger partial charge in [-0.3, -0.25) is 0 Å². The summed E-state index contributed by atoms with van der Waals surface area (Å²) in [5, 5.41) is 4.62. The third kappa shape index (κ3) is 3.04. The Morgan fingerprint density at radius 1 is 1.32 bits per heavy atom. The zero-order valence-electron chi connectivity index (χ0n) is 13.0. The van der Waals surface area contributed by atoms with Gasteiger partial charge in [0.05, 0.1) is 11.4 Å². The van der Waals surface area contributed by atoms with Crippen LogP contribution >= 0.6 is 0 Å². The summed E-state index contributed by atoms with van der Waals surface area (Å²) in [5.41, 5.74) is 8.11. The molecule has 0 spiro atoms. The number of aromatic nitrogens is 2. The van der Waals surface area contributed by atoms with Crippen molar-refractivity contribution in [2.24, 2.45) is 5.92 Å². The third-order valence-electron chi connectivity index (χ3n) is 3.80. The Labute approximate surface area is 117 Å². The van der Waals surface area contributed by atoms with Gasteiger partial charge in [0.15, 0.2) is 5.82 Å². The van der Waals surface area contributed by atoms with Gasteiger partial charge in [-0.1, -0.05) is 13.8 Å². The molecule has 1 heterocycles. The zero-order chi connectivity index (χ0) is 14.2. The van der Waals surface area contributed by atoms with Crippen LogP contribution in [0.25, 0.3) is 0 Å². The number of rotatable bonds is 6. The van der Waals surface area contributed by atoms with Crippen LogP contribution < -0.4 is 10.6 Å². The fraction of sp³-hybridized carbons (Fsp3) is 0.800. The van der Waals surface area contributed by atoms with Gasteiger partial charge in [-0.2, -0.15) is 5.10 Å². The number of hydrogen-bond donors (Lipinski definition) is 1. The maximum absolute atomic E-state index is 6.29. The summed E-state index contributed by atoms with van der Waals surface area (Å²) in [6.45, 7) is 12.0. The lowest BCUT2D eigenvalue weighted by Crippen LogP contribution is -2.31. The molecule has 1 saturated carbocycles. The second-order valence-electron chi connectivity index (χ2n) is 6.47. The van der Waals surface area contributed by atoms with Crippen LogP contribution in [0.3, 0.4) is 0 Å². The molecule has 1 aliphatic rings. The zero-order valence-corrected chi connectivity index (χ0v) is 13.0. The Bertz CT molecular complexity index is 430. The second kappa shape index (κ2) is 5.43. The Kier molecular flexibility index (Phi) is 4.07. The van der Waals surface area contributed by atoms with Crippen LogP contribution in [0.1, 0.15) is 58.7 Å². The van der Waals surface area contributed by atoms with Crippen molar-refractivity contribution in [2.75, 3.05) is 17.2 Å². The highest BCUT2D eigenvalue weighted by Crippen LogP contribution is 2.37. The van der Waals surface area contributed by atoms with E-state index in [2.05, 4.69) is 42.4 Å². The molecule has 4 nitrogen and oxygen atoms in total. The average Bonchev–Trinajstić information content (AvgIpc) is 3.10. The van der Waals surface area contributed by atoms with Crippen molar-refractivity contribution in [3.05, 3.63) is 5.69 Å². The van der Waals surface area contributed by atoms with Gasteiger partial charge in [0, 0.05) is 18.6 Å². The van der Waals surface area contributed by atoms with E-state index in [1.807, 2.05) is 6.92 Å². The van der Waals surface area contributed by atoms with Crippen molar-refractivity contribution in [1.82, 2.24) is 9.78 Å². The number of hydrogen-bond acceptors (Lipinski definition) is 3. The minimum Gasteiger partial charge on any atom is -0.394 e. The Morgan fingerprint density at radius 2 is 1.95 bits per heavy atom. The van der Waals surface area contributed by atoms with E-state index in [4.69, 9.17) is 5.73 Å². The van der Waals surface area contributed by atoms with Gasteiger partial charge in [0.25, 0.3) is 0 Å². The first-order valence-corrected chi connectivity index (χ1v) is 7.53. The molecule has 19 heavy (non-hydrogen) atoms. The van der Waals surface area contributed by atoms with Crippen LogP contribution in [-0.2, 0) is 0 Å². The smallest absolute Gasteiger partial charge is 0.151 e. The maximum atomic E-state index is 6.29. The van der Waals surface area contributed by atoms with Gasteiger partial charge in [0.2, 0.25) is 0 Å². The van der Waals surface area contributed by atoms with Gasteiger partial charge >= 0.3 is 0 Å². The molecule has 0 atom stereocenters. The van der Waals surface area contributed by atoms with E-state index < -0.39 is 0 Å². The average molecular weight is 264 g/mol. The molecule has 1 fully saturated rings. The van der Waals surface area contributed by atoms with Crippen LogP contribution in [0.4, 0.5) is 11.5 Å². The highest BCUT2D eigenvalue weighted by molar-refractivity contribution is 5.67. The summed E-state index contributed by atoms with van der Waals surface area (Å²) in [7, 11) is 0. The molecule has 0 aromatic carbocycles. The molecule has 1 aliphatic carbocycles. The molecule has 2 N–H and O–H groups in total. The monoisotopic (exact) mass is 264 g/mol. The summed E-state index contributed by atoms with van der Waals surface area (Å²) in [6.07, 6.45) is 3.79. The normalized spacial score (nSPS) is 15.5. The number of aryl methyl sites for hydroxylation is 1. The standard InChI is InChI=1S/C15H28N4/c1-10(2)8-9-18(13-6-7-13)15-14(16)12(5)17-19(15)11(3)4/h10-11,13H,6-9,16H2,1-5H3. The fourth-order valence-corrected chi connectivity index (χ4v) is 2.44. The Morgan fingerprint density at radius 3 is 2.42 bits per heavy atom. The van der Waals surface area contributed by atoms with Gasteiger partial charge in [-0.25, -0.2) is 4.68 Å². The molecule has 2 rings (SSSR count). The van der Waals surface area contributed by atoms with E-state index >= 15 is 0 Å². The van der Waals surface area contributed by atoms with Gasteiger partial charge in [0.1, 0.15) is 0 Å². The Hall–Kier alpha value is -1.19. The molecule has 108 valence electrons. The van der Waals surface area contributed by atoms with Crippen LogP contribution in [0, 0.1) is 12.8 Å². The summed E-state index contributed by atoms with van der Waals surface area (Å²) in [5.74, 6) is 1.87. The third-order valence-corrected chi connectivity index (χ3v) is 3.80. The van der Waals surface area contributed by atoms with Crippen LogP contribution in [-0.4, -0.2) is 22.4 Å². The molecule has 0 unspecified atom stereocenters. The van der Waals surface area contributed by atoms with E-state index in [1.54, 1.807) is 0 Å². The maximum Gasteiger partial charge on any atom is 0.151 e. The lowest BCUT2D eigenvalue weighted by molar-refractivity contribution is 0.508. The van der Waals surface area contributed by atoms with E-state index in [1.165, 1.54) is 19.3 Å². The summed E-state index contributed by atoms with van der Waals surface area (Å²) < 4.78 is 2.10. The number of nitrogen functional groups attached to an aromatic ring is 1. The van der Waals surface area contributed by atoms with E-state index in [0.29, 0.717) is 12.1 Å². The summed E-state index contributed by atoms with van der Waals surface area (Å²) in [6, 6.07) is 1.03. The van der Waals surface area contributed by atoms with Gasteiger partial charge in [-0.15, -0.1) is 0 Å². The largest absolute Gasteiger partial charge is 0.394 e. The first-order valence-electron chi connectivity index (χ1n) is 7.53. The first kappa shape index (κ1) is 14.2. The minimum atomic E-state index is 0.353. The molecule has 0 bridgehead atoms. The quantitative estimate of drug-likeness (QED) is 0.857. The summed E-state index contributed by atoms with van der Waals surface area (Å²) in [4.78, 5) is 2.50. The van der Waals surface area contributed by atoms with Crippen LogP contribution in [0.15, 0.2) is 0 Å². The fourth-order valence-electron chi connectivity index (χ4n) is 2.44. The Balaban J connectivity index is 2.30. The second-order valence-corrected chi connectivity index (χ2v) is 6.47. The van der Waals surface area contributed by atoms with Crippen LogP contribution in [0.5, 0.6) is 0 Å². The molecule has 4 heteroatoms. The number of anilines is 2. The molecule has 0 saturated heterocycles. The predicted octanol–water partition coefficient (Wildman–Crippen LogP) is 3.37. The predicted molar refractivity (Wildman–Crippen MR) is 81.6 cm³/mol. The highest BCUT2D eigenvalue weighted by Gasteiger charge is 2.33. The van der Waals surface area contributed by atoms with Crippen LogP contribution in [0.2, 0.25) is 0 Å². The first-order chi connectivity index (χ1) is 8.91. The van der Waals surface area contributed by atoms with E-state index in [-0.39, 0.29) is 0 Å². The van der Waals surface area contributed by atoms with Gasteiger partial charge in [-0.05, 0) is 46.0 Å². The van der Waals surface area contributed by atoms with Crippen molar-refractivity contribution in [3.8, 4) is 0 Å². The molecular weight excluding hydrogens is 236 g/mol. The number of nitrogens with zero attached hydrogens (tertiary/aromatic N) is 3. The lowest BCUT2D eigenvalue weighted by atomic mass is 10.1. The van der Waals surface area contributed by atoms with Crippen molar-refractivity contribution < 1.29 is 0 Å².